The molecule has 1 heterocycles. The van der Waals surface area contributed by atoms with Gasteiger partial charge in [0, 0.05) is 39.3 Å². The maximum absolute atomic E-state index is 6.50. The Balaban J connectivity index is 0.997. The molecule has 278 valence electrons. The van der Waals surface area contributed by atoms with E-state index in [9.17, 15) is 0 Å². The van der Waals surface area contributed by atoms with Crippen molar-refractivity contribution < 1.29 is 4.42 Å². The number of para-hydroxylation sites is 1. The van der Waals surface area contributed by atoms with E-state index in [-0.39, 0.29) is 5.41 Å². The molecule has 0 amide bonds. The number of rotatable bonds is 5. The molecule has 5 aliphatic carbocycles. The second-order valence-corrected chi connectivity index (χ2v) is 17.7. The molecular formula is C56H43NO. The van der Waals surface area contributed by atoms with E-state index in [1.165, 1.54) is 81.9 Å². The molecule has 0 radical (unpaired) electrons. The molecule has 58 heavy (non-hydrogen) atoms. The van der Waals surface area contributed by atoms with Gasteiger partial charge in [-0.05, 0) is 160 Å². The van der Waals surface area contributed by atoms with Gasteiger partial charge in [0.15, 0.2) is 0 Å². The number of furan rings is 1. The molecule has 2 heteroatoms. The molecule has 9 aromatic rings. The normalized spacial score (nSPS) is 22.6. The molecule has 0 atom stereocenters. The van der Waals surface area contributed by atoms with Crippen LogP contribution in [-0.2, 0) is 5.41 Å². The molecule has 5 aliphatic rings. The van der Waals surface area contributed by atoms with E-state index in [4.69, 9.17) is 4.42 Å². The average molecular weight is 746 g/mol. The number of benzene rings is 8. The van der Waals surface area contributed by atoms with Crippen molar-refractivity contribution in [3.05, 3.63) is 187 Å². The number of hydrogen-bond donors (Lipinski definition) is 0. The van der Waals surface area contributed by atoms with E-state index < -0.39 is 0 Å². The zero-order chi connectivity index (χ0) is 38.0. The van der Waals surface area contributed by atoms with E-state index in [0.29, 0.717) is 11.8 Å². The first kappa shape index (κ1) is 32.7. The fourth-order valence-corrected chi connectivity index (χ4v) is 12.7. The van der Waals surface area contributed by atoms with Gasteiger partial charge in [0.05, 0.1) is 0 Å². The standard InChI is InChI=1S/C56H43NO/c1-2-9-37(10-3-1)40-19-24-48-51-33-44(23-26-52(51)56(53(48)32-40)41-28-35-27-36(30-41)31-42(56)29-35)57(45-22-25-50-49-14-6-7-16-54(49)58-55(50)34-45)43-20-17-39(18-21-43)47-15-8-12-38-11-4-5-13-46(38)47/h1-26,32-36,41-42H,27-31H2. The zero-order valence-corrected chi connectivity index (χ0v) is 32.4. The summed E-state index contributed by atoms with van der Waals surface area (Å²) in [5.74, 6) is 3.21. The summed E-state index contributed by atoms with van der Waals surface area (Å²) in [5.41, 5.74) is 16.4. The number of fused-ring (bicyclic) bond motifs is 7. The Morgan fingerprint density at radius 1 is 0.397 bits per heavy atom. The predicted octanol–water partition coefficient (Wildman–Crippen LogP) is 15.3. The van der Waals surface area contributed by atoms with Gasteiger partial charge in [0.1, 0.15) is 11.2 Å². The highest BCUT2D eigenvalue weighted by molar-refractivity contribution is 6.06. The molecule has 0 saturated heterocycles. The van der Waals surface area contributed by atoms with E-state index in [0.717, 1.165) is 45.1 Å². The second-order valence-electron chi connectivity index (χ2n) is 17.7. The van der Waals surface area contributed by atoms with Gasteiger partial charge in [-0.2, -0.15) is 0 Å². The molecule has 4 fully saturated rings. The Bertz CT molecular complexity index is 3050. The molecule has 1 aromatic heterocycles. The summed E-state index contributed by atoms with van der Waals surface area (Å²) in [6, 6.07) is 65.6. The fourth-order valence-electron chi connectivity index (χ4n) is 12.7. The van der Waals surface area contributed by atoms with Gasteiger partial charge in [-0.3, -0.25) is 0 Å². The summed E-state index contributed by atoms with van der Waals surface area (Å²) in [5, 5.41) is 4.83. The van der Waals surface area contributed by atoms with Crippen molar-refractivity contribution >= 4 is 49.8 Å². The lowest BCUT2D eigenvalue weighted by atomic mass is 9.43. The van der Waals surface area contributed by atoms with Crippen LogP contribution in [0.1, 0.15) is 43.2 Å². The van der Waals surface area contributed by atoms with Crippen LogP contribution in [0, 0.1) is 23.7 Å². The molecule has 4 bridgehead atoms. The molecule has 2 nitrogen and oxygen atoms in total. The highest BCUT2D eigenvalue weighted by Gasteiger charge is 2.61. The third kappa shape index (κ3) is 4.66. The van der Waals surface area contributed by atoms with Gasteiger partial charge < -0.3 is 9.32 Å². The first-order valence-corrected chi connectivity index (χ1v) is 21.3. The summed E-state index contributed by atoms with van der Waals surface area (Å²) in [6.07, 6.45) is 6.94. The molecule has 0 N–H and O–H groups in total. The lowest BCUT2D eigenvalue weighted by molar-refractivity contribution is -0.0399. The van der Waals surface area contributed by atoms with Crippen LogP contribution >= 0.6 is 0 Å². The number of nitrogens with zero attached hydrogens (tertiary/aromatic N) is 1. The SMILES string of the molecule is c1ccc(-c2ccc3c(c2)C2(c4ccc(N(c5ccc(-c6cccc7ccccc67)cc5)c5ccc6c(c5)oc5ccccc56)cc4-3)C3CC4CC(C3)CC2C4)cc1. The highest BCUT2D eigenvalue weighted by Crippen LogP contribution is 2.70. The Kier molecular flexibility index (Phi) is 6.94. The minimum atomic E-state index is 0.0829. The maximum Gasteiger partial charge on any atom is 0.137 e. The van der Waals surface area contributed by atoms with Crippen LogP contribution in [0.3, 0.4) is 0 Å². The van der Waals surface area contributed by atoms with Crippen LogP contribution in [0.5, 0.6) is 0 Å². The van der Waals surface area contributed by atoms with E-state index in [2.05, 4.69) is 181 Å². The van der Waals surface area contributed by atoms with Crippen molar-refractivity contribution in [1.29, 1.82) is 0 Å². The quantitative estimate of drug-likeness (QED) is 0.174. The van der Waals surface area contributed by atoms with Gasteiger partial charge >= 0.3 is 0 Å². The summed E-state index contributed by atoms with van der Waals surface area (Å²) in [7, 11) is 0. The summed E-state index contributed by atoms with van der Waals surface area (Å²) < 4.78 is 6.50. The third-order valence-electron chi connectivity index (χ3n) is 14.8. The third-order valence-corrected chi connectivity index (χ3v) is 14.8. The largest absolute Gasteiger partial charge is 0.456 e. The molecule has 0 aliphatic heterocycles. The lowest BCUT2D eigenvalue weighted by Gasteiger charge is -2.61. The molecule has 8 aromatic carbocycles. The van der Waals surface area contributed by atoms with Crippen molar-refractivity contribution in [2.45, 2.75) is 37.5 Å². The first-order chi connectivity index (χ1) is 28.7. The average Bonchev–Trinajstić information content (AvgIpc) is 3.78. The van der Waals surface area contributed by atoms with Gasteiger partial charge in [-0.15, -0.1) is 0 Å². The Labute approximate surface area is 339 Å². The van der Waals surface area contributed by atoms with Crippen molar-refractivity contribution in [1.82, 2.24) is 0 Å². The molecule has 1 spiro atoms. The maximum atomic E-state index is 6.50. The van der Waals surface area contributed by atoms with Crippen LogP contribution in [0.4, 0.5) is 17.1 Å². The fraction of sp³-hybridized carbons (Fsp3) is 0.179. The summed E-state index contributed by atoms with van der Waals surface area (Å²) in [4.78, 5) is 2.44. The van der Waals surface area contributed by atoms with E-state index in [1.807, 2.05) is 0 Å². The van der Waals surface area contributed by atoms with Crippen molar-refractivity contribution in [3.8, 4) is 33.4 Å². The molecular weight excluding hydrogens is 703 g/mol. The predicted molar refractivity (Wildman–Crippen MR) is 240 cm³/mol. The Morgan fingerprint density at radius 2 is 1.05 bits per heavy atom. The van der Waals surface area contributed by atoms with Crippen LogP contribution in [0.25, 0.3) is 66.1 Å². The summed E-state index contributed by atoms with van der Waals surface area (Å²) in [6.45, 7) is 0. The van der Waals surface area contributed by atoms with Crippen LogP contribution in [0.2, 0.25) is 0 Å². The van der Waals surface area contributed by atoms with Crippen molar-refractivity contribution in [2.75, 3.05) is 4.90 Å². The smallest absolute Gasteiger partial charge is 0.137 e. The minimum Gasteiger partial charge on any atom is -0.456 e. The van der Waals surface area contributed by atoms with Crippen LogP contribution in [-0.4, -0.2) is 0 Å². The minimum absolute atomic E-state index is 0.0829. The van der Waals surface area contributed by atoms with E-state index in [1.54, 1.807) is 11.1 Å². The topological polar surface area (TPSA) is 16.4 Å². The molecule has 14 rings (SSSR count). The molecule has 0 unspecified atom stereocenters. The number of anilines is 3. The number of hydrogen-bond acceptors (Lipinski definition) is 2. The lowest BCUT2D eigenvalue weighted by Crippen LogP contribution is -2.55. The highest BCUT2D eigenvalue weighted by atomic mass is 16.3. The second kappa shape index (κ2) is 12.3. The van der Waals surface area contributed by atoms with Crippen molar-refractivity contribution in [2.24, 2.45) is 23.7 Å². The van der Waals surface area contributed by atoms with Gasteiger partial charge in [-0.1, -0.05) is 121 Å². The van der Waals surface area contributed by atoms with Crippen LogP contribution < -0.4 is 4.90 Å². The Hall–Kier alpha value is -6.38. The van der Waals surface area contributed by atoms with Crippen molar-refractivity contribution in [3.63, 3.8) is 0 Å². The van der Waals surface area contributed by atoms with E-state index >= 15 is 0 Å². The zero-order valence-electron chi connectivity index (χ0n) is 32.4. The summed E-state index contributed by atoms with van der Waals surface area (Å²) >= 11 is 0. The first-order valence-electron chi connectivity index (χ1n) is 21.3. The monoisotopic (exact) mass is 745 g/mol. The van der Waals surface area contributed by atoms with Crippen LogP contribution in [0.15, 0.2) is 180 Å². The molecule has 4 saturated carbocycles. The van der Waals surface area contributed by atoms with Gasteiger partial charge in [0.25, 0.3) is 0 Å². The van der Waals surface area contributed by atoms with Gasteiger partial charge in [0.2, 0.25) is 0 Å². The van der Waals surface area contributed by atoms with Gasteiger partial charge in [-0.25, -0.2) is 0 Å². The Morgan fingerprint density at radius 3 is 1.88 bits per heavy atom.